The lowest BCUT2D eigenvalue weighted by Crippen LogP contribution is -2.47. The van der Waals surface area contributed by atoms with Crippen LogP contribution in [0, 0.1) is 0 Å². The summed E-state index contributed by atoms with van der Waals surface area (Å²) in [7, 11) is 0. The number of carbonyl (C=O) groups is 2. The number of halogens is 3. The summed E-state index contributed by atoms with van der Waals surface area (Å²) in [6.07, 6.45) is 4.68. The molecule has 9 heteroatoms. The summed E-state index contributed by atoms with van der Waals surface area (Å²) in [5.74, 6) is -2.52. The fourth-order valence-corrected chi connectivity index (χ4v) is 3.18. The predicted molar refractivity (Wildman–Crippen MR) is 81.6 cm³/mol. The number of rotatable bonds is 3. The fraction of sp³-hybridized carbons (Fsp3) is 0.625. The molecule has 1 aliphatic heterocycles. The van der Waals surface area contributed by atoms with Crippen LogP contribution in [-0.4, -0.2) is 34.7 Å². The molecule has 1 spiro atoms. The van der Waals surface area contributed by atoms with E-state index in [1.54, 1.807) is 12.5 Å². The Hall–Kier alpha value is -2.03. The molecule has 1 aromatic rings. The van der Waals surface area contributed by atoms with Gasteiger partial charge in [-0.15, -0.1) is 0 Å². The van der Waals surface area contributed by atoms with E-state index in [1.807, 2.05) is 6.07 Å². The minimum Gasteiger partial charge on any atom is -0.475 e. The molecule has 3 N–H and O–H groups in total. The van der Waals surface area contributed by atoms with Crippen molar-refractivity contribution < 1.29 is 32.3 Å². The number of aliphatic carboxylic acids is 1. The van der Waals surface area contributed by atoms with E-state index in [0.29, 0.717) is 12.5 Å². The van der Waals surface area contributed by atoms with Gasteiger partial charge < -0.3 is 20.2 Å². The number of nitrogens with one attached hydrogen (secondary N) is 2. The van der Waals surface area contributed by atoms with Crippen LogP contribution in [0.25, 0.3) is 0 Å². The highest BCUT2D eigenvalue weighted by Crippen LogP contribution is 2.35. The first-order valence-electron chi connectivity index (χ1n) is 8.06. The van der Waals surface area contributed by atoms with E-state index in [2.05, 4.69) is 10.6 Å². The molecule has 0 bridgehead atoms. The Morgan fingerprint density at radius 3 is 2.44 bits per heavy atom. The van der Waals surface area contributed by atoms with Gasteiger partial charge in [-0.3, -0.25) is 4.79 Å². The number of carbonyl (C=O) groups excluding carboxylic acids is 1. The second kappa shape index (κ2) is 7.90. The number of alkyl halides is 3. The molecule has 0 aromatic carbocycles. The van der Waals surface area contributed by atoms with E-state index in [4.69, 9.17) is 14.3 Å². The van der Waals surface area contributed by atoms with Gasteiger partial charge >= 0.3 is 12.1 Å². The monoisotopic (exact) mass is 362 g/mol. The predicted octanol–water partition coefficient (Wildman–Crippen LogP) is 2.59. The largest absolute Gasteiger partial charge is 0.490 e. The second-order valence-electron chi connectivity index (χ2n) is 6.42. The molecule has 2 fully saturated rings. The Bertz CT molecular complexity index is 579. The SMILES string of the molecule is O=C(O)C(F)(F)F.O=C1CCC2(CCC(NCc3ccoc3)CC2)N1. The number of hydrogen-bond acceptors (Lipinski definition) is 4. The first-order chi connectivity index (χ1) is 11.7. The van der Waals surface area contributed by atoms with Gasteiger partial charge in [0.1, 0.15) is 0 Å². The molecule has 1 aliphatic carbocycles. The van der Waals surface area contributed by atoms with Crippen molar-refractivity contribution in [2.45, 2.75) is 62.8 Å². The Morgan fingerprint density at radius 2 is 2.00 bits per heavy atom. The Balaban J connectivity index is 0.000000277. The maximum absolute atomic E-state index is 11.3. The molecule has 25 heavy (non-hydrogen) atoms. The number of amides is 1. The molecule has 2 aliphatic rings. The second-order valence-corrected chi connectivity index (χ2v) is 6.42. The van der Waals surface area contributed by atoms with Gasteiger partial charge in [-0.05, 0) is 38.2 Å². The zero-order valence-electron chi connectivity index (χ0n) is 13.6. The van der Waals surface area contributed by atoms with E-state index < -0.39 is 12.1 Å². The number of furan rings is 1. The van der Waals surface area contributed by atoms with Crippen molar-refractivity contribution in [1.82, 2.24) is 10.6 Å². The lowest BCUT2D eigenvalue weighted by atomic mass is 9.78. The summed E-state index contributed by atoms with van der Waals surface area (Å²) in [6, 6.07) is 2.57. The topological polar surface area (TPSA) is 91.6 Å². The number of carboxylic acids is 1. The third-order valence-electron chi connectivity index (χ3n) is 4.60. The van der Waals surface area contributed by atoms with E-state index in [0.717, 1.165) is 38.6 Å². The fourth-order valence-electron chi connectivity index (χ4n) is 3.18. The van der Waals surface area contributed by atoms with E-state index in [9.17, 15) is 18.0 Å². The third kappa shape index (κ3) is 5.77. The quantitative estimate of drug-likeness (QED) is 0.769. The van der Waals surface area contributed by atoms with Gasteiger partial charge in [-0.25, -0.2) is 4.79 Å². The van der Waals surface area contributed by atoms with Crippen LogP contribution in [-0.2, 0) is 16.1 Å². The van der Waals surface area contributed by atoms with Gasteiger partial charge in [0.25, 0.3) is 0 Å². The number of carboxylic acid groups (broad SMARTS) is 1. The van der Waals surface area contributed by atoms with Gasteiger partial charge in [0.2, 0.25) is 5.91 Å². The van der Waals surface area contributed by atoms with Gasteiger partial charge in [-0.1, -0.05) is 0 Å². The molecule has 1 saturated carbocycles. The van der Waals surface area contributed by atoms with Crippen LogP contribution in [0.15, 0.2) is 23.0 Å². The summed E-state index contributed by atoms with van der Waals surface area (Å²) in [5, 5.41) is 13.9. The molecule has 0 atom stereocenters. The lowest BCUT2D eigenvalue weighted by Gasteiger charge is -2.37. The molecule has 0 radical (unpaired) electrons. The number of hydrogen-bond donors (Lipinski definition) is 3. The maximum Gasteiger partial charge on any atom is 0.490 e. The minimum atomic E-state index is -5.08. The van der Waals surface area contributed by atoms with E-state index >= 15 is 0 Å². The maximum atomic E-state index is 11.3. The van der Waals surface area contributed by atoms with Gasteiger partial charge in [-0.2, -0.15) is 13.2 Å². The van der Waals surface area contributed by atoms with Gasteiger partial charge in [0.05, 0.1) is 12.5 Å². The summed E-state index contributed by atoms with van der Waals surface area (Å²) < 4.78 is 36.8. The molecular formula is C16H21F3N2O4. The molecule has 1 saturated heterocycles. The van der Waals surface area contributed by atoms with Gasteiger partial charge in [0.15, 0.2) is 0 Å². The zero-order valence-corrected chi connectivity index (χ0v) is 13.6. The van der Waals surface area contributed by atoms with E-state index in [1.165, 1.54) is 5.56 Å². The molecule has 0 unspecified atom stereocenters. The Morgan fingerprint density at radius 1 is 1.36 bits per heavy atom. The molecule has 6 nitrogen and oxygen atoms in total. The summed E-state index contributed by atoms with van der Waals surface area (Å²) in [6.45, 7) is 0.876. The molecule has 1 aromatic heterocycles. The molecule has 140 valence electrons. The van der Waals surface area contributed by atoms with Crippen molar-refractivity contribution in [2.24, 2.45) is 0 Å². The van der Waals surface area contributed by atoms with Gasteiger partial charge in [0, 0.05) is 30.1 Å². The molecule has 1 amide bonds. The van der Waals surface area contributed by atoms with Crippen molar-refractivity contribution in [2.75, 3.05) is 0 Å². The summed E-state index contributed by atoms with van der Waals surface area (Å²) >= 11 is 0. The zero-order chi connectivity index (χ0) is 18.5. The lowest BCUT2D eigenvalue weighted by molar-refractivity contribution is -0.192. The molecular weight excluding hydrogens is 341 g/mol. The standard InChI is InChI=1S/C14H20N2O2.C2HF3O2/c17-13-3-7-14(16-13)5-1-12(2-6-14)15-9-11-4-8-18-10-11;3-2(4,5)1(6)7/h4,8,10,12,15H,1-3,5-7,9H2,(H,16,17);(H,6,7). The first kappa shape index (κ1) is 19.3. The van der Waals surface area contributed by atoms with Crippen molar-refractivity contribution in [1.29, 1.82) is 0 Å². The summed E-state index contributed by atoms with van der Waals surface area (Å²) in [5.41, 5.74) is 1.33. The van der Waals surface area contributed by atoms with Crippen LogP contribution in [0.3, 0.4) is 0 Å². The van der Waals surface area contributed by atoms with Crippen molar-refractivity contribution in [3.8, 4) is 0 Å². The average Bonchev–Trinajstić information content (AvgIpc) is 3.17. The Labute approximate surface area is 142 Å². The normalized spacial score (nSPS) is 26.0. The van der Waals surface area contributed by atoms with Crippen LogP contribution in [0.4, 0.5) is 13.2 Å². The van der Waals surface area contributed by atoms with Crippen molar-refractivity contribution in [3.63, 3.8) is 0 Å². The highest BCUT2D eigenvalue weighted by molar-refractivity contribution is 5.79. The highest BCUT2D eigenvalue weighted by atomic mass is 19.4. The highest BCUT2D eigenvalue weighted by Gasteiger charge is 2.40. The minimum absolute atomic E-state index is 0.130. The van der Waals surface area contributed by atoms with Crippen LogP contribution in [0.5, 0.6) is 0 Å². The van der Waals surface area contributed by atoms with Crippen molar-refractivity contribution in [3.05, 3.63) is 24.2 Å². The summed E-state index contributed by atoms with van der Waals surface area (Å²) in [4.78, 5) is 20.2. The molecule has 2 heterocycles. The smallest absolute Gasteiger partial charge is 0.475 e. The Kier molecular flexibility index (Phi) is 6.10. The van der Waals surface area contributed by atoms with Crippen LogP contribution >= 0.6 is 0 Å². The van der Waals surface area contributed by atoms with Crippen molar-refractivity contribution >= 4 is 11.9 Å². The van der Waals surface area contributed by atoms with E-state index in [-0.39, 0.29) is 11.4 Å². The molecule has 3 rings (SSSR count). The van der Waals surface area contributed by atoms with Crippen LogP contribution in [0.1, 0.15) is 44.1 Å². The van der Waals surface area contributed by atoms with Crippen LogP contribution < -0.4 is 10.6 Å². The first-order valence-corrected chi connectivity index (χ1v) is 8.06. The average molecular weight is 362 g/mol. The third-order valence-corrected chi connectivity index (χ3v) is 4.60. The van der Waals surface area contributed by atoms with Crippen LogP contribution in [0.2, 0.25) is 0 Å².